The van der Waals surface area contributed by atoms with Gasteiger partial charge in [0.25, 0.3) is 0 Å². The molecule has 7 heteroatoms. The van der Waals surface area contributed by atoms with Crippen LogP contribution in [0.2, 0.25) is 0 Å². The lowest BCUT2D eigenvalue weighted by Gasteiger charge is -2.17. The van der Waals surface area contributed by atoms with Crippen molar-refractivity contribution in [3.63, 3.8) is 0 Å². The number of hydrogen-bond acceptors (Lipinski definition) is 6. The molecule has 0 aliphatic heterocycles. The van der Waals surface area contributed by atoms with Crippen molar-refractivity contribution in [3.05, 3.63) is 53.2 Å². The number of nitrogens with one attached hydrogen (secondary N) is 4. The fourth-order valence-corrected chi connectivity index (χ4v) is 3.58. The molecule has 7 nitrogen and oxygen atoms in total. The van der Waals surface area contributed by atoms with Crippen molar-refractivity contribution in [1.29, 1.82) is 5.41 Å². The molecule has 1 atom stereocenters. The van der Waals surface area contributed by atoms with E-state index in [9.17, 15) is 9.90 Å². The Labute approximate surface area is 192 Å². The molecule has 1 aromatic carbocycles. The largest absolute Gasteiger partial charge is 0.390 e. The molecule has 2 aromatic rings. The fourth-order valence-electron chi connectivity index (χ4n) is 3.58. The molecule has 0 radical (unpaired) electrons. The number of anilines is 2. The Balaban J connectivity index is 0.000000335. The van der Waals surface area contributed by atoms with E-state index in [1.807, 2.05) is 57.2 Å². The zero-order valence-corrected chi connectivity index (χ0v) is 19.8. The van der Waals surface area contributed by atoms with Crippen molar-refractivity contribution in [3.8, 4) is 0 Å². The summed E-state index contributed by atoms with van der Waals surface area (Å²) in [7, 11) is 1.78. The number of aromatic nitrogens is 1. The smallest absolute Gasteiger partial charge is 0.207 e. The van der Waals surface area contributed by atoms with E-state index in [2.05, 4.69) is 20.9 Å². The number of carbonyl (C=O) groups is 1. The number of pyridine rings is 1. The van der Waals surface area contributed by atoms with Gasteiger partial charge in [0.05, 0.1) is 24.0 Å². The summed E-state index contributed by atoms with van der Waals surface area (Å²) in [4.78, 5) is 14.4. The molecule has 1 aliphatic rings. The van der Waals surface area contributed by atoms with E-state index in [1.54, 1.807) is 7.05 Å². The first-order valence-corrected chi connectivity index (χ1v) is 11.4. The molecule has 1 aliphatic carbocycles. The van der Waals surface area contributed by atoms with Crippen molar-refractivity contribution in [2.45, 2.75) is 59.1 Å². The van der Waals surface area contributed by atoms with Gasteiger partial charge in [0, 0.05) is 25.4 Å². The van der Waals surface area contributed by atoms with Gasteiger partial charge in [-0.25, -0.2) is 4.98 Å². The summed E-state index contributed by atoms with van der Waals surface area (Å²) >= 11 is 0. The monoisotopic (exact) mass is 441 g/mol. The van der Waals surface area contributed by atoms with Gasteiger partial charge < -0.3 is 26.5 Å². The molecule has 1 saturated carbocycles. The normalized spacial score (nSPS) is 13.5. The number of rotatable bonds is 9. The van der Waals surface area contributed by atoms with Crippen LogP contribution >= 0.6 is 0 Å². The van der Waals surface area contributed by atoms with Crippen molar-refractivity contribution < 1.29 is 9.90 Å². The fraction of sp³-hybridized carbons (Fsp3) is 0.480. The van der Waals surface area contributed by atoms with Gasteiger partial charge >= 0.3 is 0 Å². The molecule has 32 heavy (non-hydrogen) atoms. The topological polar surface area (TPSA) is 110 Å². The van der Waals surface area contributed by atoms with Gasteiger partial charge in [-0.1, -0.05) is 57.0 Å². The Morgan fingerprint density at radius 2 is 1.88 bits per heavy atom. The maximum Gasteiger partial charge on any atom is 0.207 e. The van der Waals surface area contributed by atoms with Gasteiger partial charge in [0.2, 0.25) is 6.41 Å². The molecule has 0 saturated heterocycles. The molecule has 1 unspecified atom stereocenters. The van der Waals surface area contributed by atoms with Crippen LogP contribution in [0, 0.1) is 11.3 Å². The highest BCUT2D eigenvalue weighted by Gasteiger charge is 2.17. The molecule has 1 heterocycles. The molecule has 0 bridgehead atoms. The van der Waals surface area contributed by atoms with Crippen LogP contribution in [0.25, 0.3) is 0 Å². The second-order valence-corrected chi connectivity index (χ2v) is 7.42. The molecular weight excluding hydrogens is 402 g/mol. The highest BCUT2D eigenvalue weighted by Crippen LogP contribution is 2.27. The standard InChI is InChI=1S/C14H22N4O.C9H11NO.C2H6/c1-16-13-6-11(7-15)14(12(9-19)18-13)17-8-10-4-2-3-5-10;1-8(10-7-11)9-5-3-2-4-6-9;1-2/h6-7,10,15,17,19H,2-5,8-9H2,1H3,(H,16,18);2-8H,1H3,(H,10,11);1-2H3. The lowest BCUT2D eigenvalue weighted by atomic mass is 10.1. The SMILES string of the molecule is CC.CC(NC=O)c1ccccc1.CNc1cc(C=N)c(NCC2CCCC2)c(CO)n1. The third-order valence-electron chi connectivity index (χ3n) is 5.35. The van der Waals surface area contributed by atoms with Gasteiger partial charge in [0.15, 0.2) is 0 Å². The van der Waals surface area contributed by atoms with Gasteiger partial charge in [-0.2, -0.15) is 0 Å². The molecule has 5 N–H and O–H groups in total. The van der Waals surface area contributed by atoms with Gasteiger partial charge in [-0.05, 0) is 37.3 Å². The van der Waals surface area contributed by atoms with E-state index in [0.29, 0.717) is 17.4 Å². The van der Waals surface area contributed by atoms with Crippen LogP contribution in [-0.4, -0.2) is 36.3 Å². The third-order valence-corrected chi connectivity index (χ3v) is 5.35. The Hall–Kier alpha value is -2.93. The van der Waals surface area contributed by atoms with E-state index in [0.717, 1.165) is 29.8 Å². The molecule has 0 spiro atoms. The lowest BCUT2D eigenvalue weighted by Crippen LogP contribution is -2.15. The molecule has 1 aromatic heterocycles. The predicted molar refractivity (Wildman–Crippen MR) is 133 cm³/mol. The lowest BCUT2D eigenvalue weighted by molar-refractivity contribution is -0.110. The van der Waals surface area contributed by atoms with E-state index < -0.39 is 0 Å². The van der Waals surface area contributed by atoms with E-state index in [4.69, 9.17) is 5.41 Å². The van der Waals surface area contributed by atoms with Crippen LogP contribution in [0.15, 0.2) is 36.4 Å². The average molecular weight is 442 g/mol. The maximum atomic E-state index is 10.1. The Morgan fingerprint density at radius 1 is 1.22 bits per heavy atom. The predicted octanol–water partition coefficient (Wildman–Crippen LogP) is 4.74. The van der Waals surface area contributed by atoms with Crippen LogP contribution in [-0.2, 0) is 11.4 Å². The summed E-state index contributed by atoms with van der Waals surface area (Å²) in [5, 5.41) is 26.0. The van der Waals surface area contributed by atoms with Crippen molar-refractivity contribution in [1.82, 2.24) is 10.3 Å². The van der Waals surface area contributed by atoms with Gasteiger partial charge in [-0.3, -0.25) is 4.79 Å². The number of benzene rings is 1. The maximum absolute atomic E-state index is 10.1. The minimum absolute atomic E-state index is 0.105. The van der Waals surface area contributed by atoms with Crippen LogP contribution in [0.5, 0.6) is 0 Å². The zero-order chi connectivity index (χ0) is 23.8. The highest BCUT2D eigenvalue weighted by molar-refractivity contribution is 5.88. The van der Waals surface area contributed by atoms with Crippen molar-refractivity contribution in [2.24, 2.45) is 5.92 Å². The number of hydrogen-bond donors (Lipinski definition) is 5. The van der Waals surface area contributed by atoms with Crippen LogP contribution < -0.4 is 16.0 Å². The van der Waals surface area contributed by atoms with Gasteiger partial charge in [0.1, 0.15) is 5.82 Å². The van der Waals surface area contributed by atoms with E-state index >= 15 is 0 Å². The first-order valence-electron chi connectivity index (χ1n) is 11.4. The number of aliphatic hydroxyl groups excluding tert-OH is 1. The van der Waals surface area contributed by atoms with Crippen LogP contribution in [0.3, 0.4) is 0 Å². The quantitative estimate of drug-likeness (QED) is 0.285. The van der Waals surface area contributed by atoms with Gasteiger partial charge in [-0.15, -0.1) is 0 Å². The van der Waals surface area contributed by atoms with Crippen molar-refractivity contribution in [2.75, 3.05) is 24.2 Å². The Kier molecular flexibility index (Phi) is 13.4. The highest BCUT2D eigenvalue weighted by atomic mass is 16.3. The number of nitrogens with zero attached hydrogens (tertiary/aromatic N) is 1. The second-order valence-electron chi connectivity index (χ2n) is 7.42. The summed E-state index contributed by atoms with van der Waals surface area (Å²) < 4.78 is 0. The van der Waals surface area contributed by atoms with Crippen molar-refractivity contribution >= 4 is 24.1 Å². The molecule has 1 amide bonds. The van der Waals surface area contributed by atoms with Crippen LogP contribution in [0.1, 0.15) is 69.3 Å². The Morgan fingerprint density at radius 3 is 2.41 bits per heavy atom. The summed E-state index contributed by atoms with van der Waals surface area (Å²) in [6, 6.07) is 11.8. The first kappa shape index (κ1) is 27.1. The number of aliphatic hydroxyl groups is 1. The zero-order valence-electron chi connectivity index (χ0n) is 19.8. The summed E-state index contributed by atoms with van der Waals surface area (Å²) in [5.41, 5.74) is 3.28. The summed E-state index contributed by atoms with van der Waals surface area (Å²) in [6.07, 6.45) is 7.18. The number of amides is 1. The second kappa shape index (κ2) is 15.8. The third kappa shape index (κ3) is 8.67. The molecule has 176 valence electrons. The Bertz CT molecular complexity index is 792. The minimum atomic E-state index is -0.122. The number of carbonyl (C=O) groups excluding carboxylic acids is 1. The minimum Gasteiger partial charge on any atom is -0.390 e. The molecular formula is C25H39N5O2. The summed E-state index contributed by atoms with van der Waals surface area (Å²) in [6.45, 7) is 6.72. The van der Waals surface area contributed by atoms with E-state index in [-0.39, 0.29) is 12.6 Å². The first-order chi connectivity index (χ1) is 15.6. The molecule has 1 fully saturated rings. The summed E-state index contributed by atoms with van der Waals surface area (Å²) in [5.74, 6) is 1.38. The molecule has 3 rings (SSSR count). The van der Waals surface area contributed by atoms with E-state index in [1.165, 1.54) is 31.9 Å². The van der Waals surface area contributed by atoms with Crippen LogP contribution in [0.4, 0.5) is 11.5 Å². The average Bonchev–Trinajstić information content (AvgIpc) is 3.38.